The average molecular weight is 264 g/mol. The van der Waals surface area contributed by atoms with Crippen LogP contribution in [-0.4, -0.2) is 52.5 Å². The van der Waals surface area contributed by atoms with Crippen LogP contribution in [0.3, 0.4) is 0 Å². The van der Waals surface area contributed by atoms with Gasteiger partial charge in [0, 0.05) is 45.5 Å². The van der Waals surface area contributed by atoms with E-state index in [1.165, 1.54) is 6.54 Å². The molecule has 1 aliphatic rings. The molecule has 0 amide bonds. The summed E-state index contributed by atoms with van der Waals surface area (Å²) in [5.41, 5.74) is 3.50. The molecule has 2 heterocycles. The number of nitrogens with one attached hydrogen (secondary N) is 1. The molecule has 0 spiro atoms. The van der Waals surface area contributed by atoms with Gasteiger partial charge in [0.25, 0.3) is 0 Å². The van der Waals surface area contributed by atoms with E-state index in [-0.39, 0.29) is 0 Å². The molecule has 0 bridgehead atoms. The van der Waals surface area contributed by atoms with Crippen LogP contribution < -0.4 is 11.3 Å². The third-order valence-corrected chi connectivity index (χ3v) is 3.32. The highest BCUT2D eigenvalue weighted by atomic mass is 15.3. The van der Waals surface area contributed by atoms with Crippen molar-refractivity contribution < 1.29 is 0 Å². The Balaban J connectivity index is 1.81. The number of hydrazine groups is 1. The molecule has 0 unspecified atom stereocenters. The van der Waals surface area contributed by atoms with Crippen molar-refractivity contribution in [2.24, 2.45) is 11.8 Å². The molecule has 0 saturated carbocycles. The smallest absolute Gasteiger partial charge is 0.237 e. The average Bonchev–Trinajstić information content (AvgIpc) is 2.41. The van der Waals surface area contributed by atoms with Crippen molar-refractivity contribution in [3.05, 3.63) is 18.0 Å². The van der Waals surface area contributed by atoms with Gasteiger partial charge in [-0.2, -0.15) is 0 Å². The first kappa shape index (κ1) is 14.2. The Morgan fingerprint density at radius 2 is 1.95 bits per heavy atom. The van der Waals surface area contributed by atoms with Gasteiger partial charge in [-0.05, 0) is 12.0 Å². The summed E-state index contributed by atoms with van der Waals surface area (Å²) >= 11 is 0. The Morgan fingerprint density at radius 3 is 2.58 bits per heavy atom. The number of nitrogen functional groups attached to an aromatic ring is 1. The van der Waals surface area contributed by atoms with Crippen LogP contribution in [-0.2, 0) is 6.54 Å². The summed E-state index contributed by atoms with van der Waals surface area (Å²) in [5, 5.41) is 0. The topological polar surface area (TPSA) is 70.3 Å². The predicted molar refractivity (Wildman–Crippen MR) is 76.4 cm³/mol. The molecule has 1 saturated heterocycles. The minimum atomic E-state index is 0.482. The van der Waals surface area contributed by atoms with Crippen LogP contribution in [0.5, 0.6) is 0 Å². The molecule has 1 fully saturated rings. The minimum absolute atomic E-state index is 0.482. The molecule has 0 radical (unpaired) electrons. The van der Waals surface area contributed by atoms with Crippen LogP contribution in [0.25, 0.3) is 0 Å². The number of aromatic nitrogens is 2. The summed E-state index contributed by atoms with van der Waals surface area (Å²) in [6, 6.07) is 1.95. The highest BCUT2D eigenvalue weighted by molar-refractivity contribution is 5.22. The van der Waals surface area contributed by atoms with E-state index in [0.29, 0.717) is 5.95 Å². The number of nitrogens with zero attached hydrogens (tertiary/aromatic N) is 4. The van der Waals surface area contributed by atoms with Crippen LogP contribution in [0.1, 0.15) is 19.5 Å². The van der Waals surface area contributed by atoms with E-state index in [4.69, 9.17) is 5.84 Å². The Labute approximate surface area is 115 Å². The molecule has 0 atom stereocenters. The summed E-state index contributed by atoms with van der Waals surface area (Å²) in [6.07, 6.45) is 1.74. The fourth-order valence-electron chi connectivity index (χ4n) is 2.43. The molecule has 3 N–H and O–H groups in total. The normalized spacial score (nSPS) is 17.9. The Hall–Kier alpha value is -1.24. The number of anilines is 1. The summed E-state index contributed by atoms with van der Waals surface area (Å²) in [4.78, 5) is 13.3. The first-order valence-electron chi connectivity index (χ1n) is 6.90. The maximum absolute atomic E-state index is 5.32. The Kier molecular flexibility index (Phi) is 5.07. The lowest BCUT2D eigenvalue weighted by Gasteiger charge is -2.35. The van der Waals surface area contributed by atoms with E-state index in [2.05, 4.69) is 39.0 Å². The number of hydrogen-bond donors (Lipinski definition) is 2. The Morgan fingerprint density at radius 1 is 1.26 bits per heavy atom. The molecular formula is C13H24N6. The van der Waals surface area contributed by atoms with Gasteiger partial charge in [-0.3, -0.25) is 10.3 Å². The summed E-state index contributed by atoms with van der Waals surface area (Å²) in [7, 11) is 0. The molecule has 1 aromatic rings. The molecular weight excluding hydrogens is 240 g/mol. The zero-order chi connectivity index (χ0) is 13.7. The molecule has 1 aliphatic heterocycles. The van der Waals surface area contributed by atoms with Gasteiger partial charge in [0.1, 0.15) is 0 Å². The first-order valence-corrected chi connectivity index (χ1v) is 6.90. The van der Waals surface area contributed by atoms with Crippen LogP contribution in [0, 0.1) is 5.92 Å². The quantitative estimate of drug-likeness (QED) is 0.597. The first-order chi connectivity index (χ1) is 9.17. The predicted octanol–water partition coefficient (Wildman–Crippen LogP) is 0.536. The van der Waals surface area contributed by atoms with Gasteiger partial charge in [0.05, 0.1) is 5.69 Å². The van der Waals surface area contributed by atoms with Crippen LogP contribution in [0.2, 0.25) is 0 Å². The van der Waals surface area contributed by atoms with Crippen LogP contribution in [0.15, 0.2) is 12.3 Å². The summed E-state index contributed by atoms with van der Waals surface area (Å²) in [6.45, 7) is 11.1. The van der Waals surface area contributed by atoms with Gasteiger partial charge in [0.2, 0.25) is 5.95 Å². The fraction of sp³-hybridized carbons (Fsp3) is 0.692. The highest BCUT2D eigenvalue weighted by Crippen LogP contribution is 2.09. The number of rotatable bonds is 5. The van der Waals surface area contributed by atoms with E-state index in [0.717, 1.165) is 44.3 Å². The lowest BCUT2D eigenvalue weighted by Crippen LogP contribution is -2.47. The molecule has 0 aliphatic carbocycles. The van der Waals surface area contributed by atoms with E-state index in [1.807, 2.05) is 6.07 Å². The third kappa shape index (κ3) is 4.41. The van der Waals surface area contributed by atoms with Crippen LogP contribution in [0.4, 0.5) is 5.95 Å². The van der Waals surface area contributed by atoms with Gasteiger partial charge < -0.3 is 4.90 Å². The lowest BCUT2D eigenvalue weighted by atomic mass is 10.2. The lowest BCUT2D eigenvalue weighted by molar-refractivity contribution is 0.116. The number of piperazine rings is 1. The monoisotopic (exact) mass is 264 g/mol. The molecule has 6 heteroatoms. The van der Waals surface area contributed by atoms with E-state index >= 15 is 0 Å². The molecule has 6 nitrogen and oxygen atoms in total. The number of hydrogen-bond acceptors (Lipinski definition) is 6. The summed E-state index contributed by atoms with van der Waals surface area (Å²) < 4.78 is 0. The second-order valence-electron chi connectivity index (χ2n) is 5.49. The zero-order valence-corrected chi connectivity index (χ0v) is 11.8. The zero-order valence-electron chi connectivity index (χ0n) is 11.8. The van der Waals surface area contributed by atoms with Gasteiger partial charge in [-0.25, -0.2) is 15.8 Å². The van der Waals surface area contributed by atoms with Crippen molar-refractivity contribution in [1.82, 2.24) is 19.8 Å². The molecule has 2 rings (SSSR count). The fourth-order valence-corrected chi connectivity index (χ4v) is 2.43. The van der Waals surface area contributed by atoms with Gasteiger partial charge in [0.15, 0.2) is 0 Å². The van der Waals surface area contributed by atoms with Crippen molar-refractivity contribution >= 4 is 5.95 Å². The minimum Gasteiger partial charge on any atom is -0.301 e. The molecule has 0 aromatic carbocycles. The van der Waals surface area contributed by atoms with E-state index < -0.39 is 0 Å². The SMILES string of the molecule is CC(C)CN1CCN(Cc2ccnc(NN)n2)CC1. The Bertz CT molecular complexity index is 386. The van der Waals surface area contributed by atoms with Crippen molar-refractivity contribution in [3.63, 3.8) is 0 Å². The van der Waals surface area contributed by atoms with E-state index in [1.54, 1.807) is 6.20 Å². The van der Waals surface area contributed by atoms with Gasteiger partial charge in [-0.15, -0.1) is 0 Å². The number of nitrogens with two attached hydrogens (primary N) is 1. The maximum Gasteiger partial charge on any atom is 0.237 e. The second-order valence-corrected chi connectivity index (χ2v) is 5.49. The van der Waals surface area contributed by atoms with E-state index in [9.17, 15) is 0 Å². The summed E-state index contributed by atoms with van der Waals surface area (Å²) in [5.74, 6) is 6.55. The largest absolute Gasteiger partial charge is 0.301 e. The van der Waals surface area contributed by atoms with Crippen molar-refractivity contribution in [1.29, 1.82) is 0 Å². The van der Waals surface area contributed by atoms with Crippen LogP contribution >= 0.6 is 0 Å². The molecule has 19 heavy (non-hydrogen) atoms. The van der Waals surface area contributed by atoms with Gasteiger partial charge in [-0.1, -0.05) is 13.8 Å². The highest BCUT2D eigenvalue weighted by Gasteiger charge is 2.17. The van der Waals surface area contributed by atoms with Gasteiger partial charge >= 0.3 is 0 Å². The molecule has 106 valence electrons. The maximum atomic E-state index is 5.32. The third-order valence-electron chi connectivity index (χ3n) is 3.32. The second kappa shape index (κ2) is 6.79. The van der Waals surface area contributed by atoms with Crippen molar-refractivity contribution in [3.8, 4) is 0 Å². The standard InChI is InChI=1S/C13H24N6/c1-11(2)9-18-5-7-19(8-6-18)10-12-3-4-15-13(16-12)17-14/h3-4,11H,5-10,14H2,1-2H3,(H,15,16,17). The van der Waals surface area contributed by atoms with Crippen molar-refractivity contribution in [2.45, 2.75) is 20.4 Å². The molecule has 1 aromatic heterocycles. The van der Waals surface area contributed by atoms with Crippen molar-refractivity contribution in [2.75, 3.05) is 38.1 Å².